The summed E-state index contributed by atoms with van der Waals surface area (Å²) in [6.07, 6.45) is 0.975. The molecule has 0 aliphatic carbocycles. The lowest BCUT2D eigenvalue weighted by molar-refractivity contribution is -0.134. The second kappa shape index (κ2) is 5.27. The molecule has 1 aromatic rings. The minimum absolute atomic E-state index is 0.117. The normalized spacial score (nSPS) is 19.7. The van der Waals surface area contributed by atoms with Crippen molar-refractivity contribution in [1.29, 1.82) is 0 Å². The Hall–Kier alpha value is -1.84. The van der Waals surface area contributed by atoms with E-state index in [9.17, 15) is 9.59 Å². The van der Waals surface area contributed by atoms with Gasteiger partial charge in [-0.05, 0) is 29.5 Å². The molecular formula is C16H22N2O2. The van der Waals surface area contributed by atoms with Gasteiger partial charge in [0.05, 0.1) is 0 Å². The van der Waals surface area contributed by atoms with Crippen molar-refractivity contribution in [2.45, 2.75) is 45.1 Å². The van der Waals surface area contributed by atoms with Gasteiger partial charge in [-0.3, -0.25) is 14.9 Å². The van der Waals surface area contributed by atoms with E-state index in [1.807, 2.05) is 24.1 Å². The second-order valence-electron chi connectivity index (χ2n) is 6.37. The SMILES string of the molecule is CN(c1ccc(C(C)(C)C)cc1)C1CCC(=O)NC1=O. The molecule has 2 amide bonds. The van der Waals surface area contributed by atoms with E-state index in [-0.39, 0.29) is 23.3 Å². The number of nitrogens with zero attached hydrogens (tertiary/aromatic N) is 1. The molecule has 1 saturated heterocycles. The van der Waals surface area contributed by atoms with Gasteiger partial charge in [-0.1, -0.05) is 32.9 Å². The fourth-order valence-electron chi connectivity index (χ4n) is 2.43. The van der Waals surface area contributed by atoms with Gasteiger partial charge < -0.3 is 4.90 Å². The van der Waals surface area contributed by atoms with Crippen LogP contribution in [-0.4, -0.2) is 24.9 Å². The molecule has 4 heteroatoms. The Morgan fingerprint density at radius 2 is 1.75 bits per heavy atom. The highest BCUT2D eigenvalue weighted by molar-refractivity contribution is 6.01. The number of piperidine rings is 1. The van der Waals surface area contributed by atoms with Gasteiger partial charge >= 0.3 is 0 Å². The van der Waals surface area contributed by atoms with E-state index in [2.05, 4.69) is 38.2 Å². The lowest BCUT2D eigenvalue weighted by Gasteiger charge is -2.31. The Bertz CT molecular complexity index is 514. The van der Waals surface area contributed by atoms with Crippen LogP contribution in [0.2, 0.25) is 0 Å². The Kier molecular flexibility index (Phi) is 3.84. The van der Waals surface area contributed by atoms with E-state index in [1.54, 1.807) is 0 Å². The maximum absolute atomic E-state index is 11.9. The van der Waals surface area contributed by atoms with Crippen LogP contribution in [0, 0.1) is 0 Å². The lowest BCUT2D eigenvalue weighted by atomic mass is 9.87. The fraction of sp³-hybridized carbons (Fsp3) is 0.500. The summed E-state index contributed by atoms with van der Waals surface area (Å²) in [6, 6.07) is 7.98. The zero-order valence-electron chi connectivity index (χ0n) is 12.6. The van der Waals surface area contributed by atoms with E-state index in [4.69, 9.17) is 0 Å². The number of carbonyl (C=O) groups is 2. The van der Waals surface area contributed by atoms with E-state index >= 15 is 0 Å². The molecule has 1 heterocycles. The smallest absolute Gasteiger partial charge is 0.249 e. The summed E-state index contributed by atoms with van der Waals surface area (Å²) >= 11 is 0. The third-order valence-electron chi connectivity index (χ3n) is 3.82. The summed E-state index contributed by atoms with van der Waals surface area (Å²) in [5.74, 6) is -0.383. The van der Waals surface area contributed by atoms with Crippen LogP contribution in [0.15, 0.2) is 24.3 Å². The summed E-state index contributed by atoms with van der Waals surface area (Å²) in [4.78, 5) is 25.0. The van der Waals surface area contributed by atoms with Gasteiger partial charge in [-0.2, -0.15) is 0 Å². The molecule has 1 atom stereocenters. The van der Waals surface area contributed by atoms with Crippen molar-refractivity contribution in [2.75, 3.05) is 11.9 Å². The minimum atomic E-state index is -0.270. The van der Waals surface area contributed by atoms with Gasteiger partial charge in [0.15, 0.2) is 0 Å². The molecule has 0 bridgehead atoms. The van der Waals surface area contributed by atoms with Gasteiger partial charge in [0.1, 0.15) is 6.04 Å². The molecule has 0 spiro atoms. The van der Waals surface area contributed by atoms with Crippen molar-refractivity contribution >= 4 is 17.5 Å². The number of carbonyl (C=O) groups excluding carboxylic acids is 2. The summed E-state index contributed by atoms with van der Waals surface area (Å²) in [5, 5.41) is 2.40. The number of anilines is 1. The molecule has 1 fully saturated rings. The van der Waals surface area contributed by atoms with Gasteiger partial charge in [-0.15, -0.1) is 0 Å². The number of hydrogen-bond donors (Lipinski definition) is 1. The average molecular weight is 274 g/mol. The number of hydrogen-bond acceptors (Lipinski definition) is 3. The molecule has 1 aliphatic heterocycles. The van der Waals surface area contributed by atoms with E-state index in [0.29, 0.717) is 12.8 Å². The van der Waals surface area contributed by atoms with Gasteiger partial charge in [0.25, 0.3) is 0 Å². The first-order chi connectivity index (χ1) is 9.29. The standard InChI is InChI=1S/C16H22N2O2/c1-16(2,3)11-5-7-12(8-6-11)18(4)13-9-10-14(19)17-15(13)20/h5-8,13H,9-10H2,1-4H3,(H,17,19,20). The van der Waals surface area contributed by atoms with Crippen LogP contribution < -0.4 is 10.2 Å². The number of rotatable bonds is 2. The molecule has 1 aromatic carbocycles. The molecule has 1 unspecified atom stereocenters. The van der Waals surface area contributed by atoms with Crippen LogP contribution in [0.4, 0.5) is 5.69 Å². The number of benzene rings is 1. The molecule has 0 radical (unpaired) electrons. The Balaban J connectivity index is 2.15. The highest BCUT2D eigenvalue weighted by Gasteiger charge is 2.30. The lowest BCUT2D eigenvalue weighted by Crippen LogP contribution is -2.51. The highest BCUT2D eigenvalue weighted by atomic mass is 16.2. The topological polar surface area (TPSA) is 49.4 Å². The number of likely N-dealkylation sites (N-methyl/N-ethyl adjacent to an activating group) is 1. The number of amides is 2. The van der Waals surface area contributed by atoms with Crippen LogP contribution in [0.25, 0.3) is 0 Å². The molecule has 0 saturated carbocycles. The number of nitrogens with one attached hydrogen (secondary N) is 1. The highest BCUT2D eigenvalue weighted by Crippen LogP contribution is 2.26. The van der Waals surface area contributed by atoms with Gasteiger partial charge in [-0.25, -0.2) is 0 Å². The molecule has 0 aromatic heterocycles. The molecular weight excluding hydrogens is 252 g/mol. The van der Waals surface area contributed by atoms with Crippen LogP contribution >= 0.6 is 0 Å². The van der Waals surface area contributed by atoms with Crippen LogP contribution in [-0.2, 0) is 15.0 Å². The fourth-order valence-corrected chi connectivity index (χ4v) is 2.43. The van der Waals surface area contributed by atoms with Crippen molar-refractivity contribution in [1.82, 2.24) is 5.32 Å². The van der Waals surface area contributed by atoms with E-state index in [1.165, 1.54) is 5.56 Å². The third kappa shape index (κ3) is 3.00. The molecule has 1 aliphatic rings. The average Bonchev–Trinajstić information content (AvgIpc) is 2.37. The minimum Gasteiger partial charge on any atom is -0.363 e. The molecule has 4 nitrogen and oxygen atoms in total. The summed E-state index contributed by atoms with van der Waals surface area (Å²) < 4.78 is 0. The second-order valence-corrected chi connectivity index (χ2v) is 6.37. The molecule has 108 valence electrons. The first-order valence-electron chi connectivity index (χ1n) is 6.96. The first-order valence-corrected chi connectivity index (χ1v) is 6.96. The maximum atomic E-state index is 11.9. The van der Waals surface area contributed by atoms with Crippen LogP contribution in [0.1, 0.15) is 39.2 Å². The monoisotopic (exact) mass is 274 g/mol. The summed E-state index contributed by atoms with van der Waals surface area (Å²) in [7, 11) is 1.89. The van der Waals surface area contributed by atoms with Gasteiger partial charge in [0, 0.05) is 19.2 Å². The van der Waals surface area contributed by atoms with Crippen molar-refractivity contribution < 1.29 is 9.59 Å². The quantitative estimate of drug-likeness (QED) is 0.841. The Labute approximate surface area is 120 Å². The predicted octanol–water partition coefficient (Wildman–Crippen LogP) is 2.23. The Morgan fingerprint density at radius 1 is 1.15 bits per heavy atom. The van der Waals surface area contributed by atoms with Crippen LogP contribution in [0.3, 0.4) is 0 Å². The van der Waals surface area contributed by atoms with Crippen LogP contribution in [0.5, 0.6) is 0 Å². The molecule has 1 N–H and O–H groups in total. The zero-order chi connectivity index (χ0) is 14.9. The van der Waals surface area contributed by atoms with Crippen molar-refractivity contribution in [3.63, 3.8) is 0 Å². The maximum Gasteiger partial charge on any atom is 0.249 e. The van der Waals surface area contributed by atoms with E-state index in [0.717, 1.165) is 5.69 Å². The van der Waals surface area contributed by atoms with Crippen molar-refractivity contribution in [3.05, 3.63) is 29.8 Å². The molecule has 20 heavy (non-hydrogen) atoms. The summed E-state index contributed by atoms with van der Waals surface area (Å²) in [5.41, 5.74) is 2.37. The third-order valence-corrected chi connectivity index (χ3v) is 3.82. The first kappa shape index (κ1) is 14.6. The van der Waals surface area contributed by atoms with Gasteiger partial charge in [0.2, 0.25) is 11.8 Å². The number of imide groups is 1. The zero-order valence-corrected chi connectivity index (χ0v) is 12.6. The van der Waals surface area contributed by atoms with Crippen molar-refractivity contribution in [3.8, 4) is 0 Å². The van der Waals surface area contributed by atoms with Crippen molar-refractivity contribution in [2.24, 2.45) is 0 Å². The largest absolute Gasteiger partial charge is 0.363 e. The Morgan fingerprint density at radius 3 is 2.25 bits per heavy atom. The predicted molar refractivity (Wildman–Crippen MR) is 79.7 cm³/mol. The van der Waals surface area contributed by atoms with E-state index < -0.39 is 0 Å². The summed E-state index contributed by atoms with van der Waals surface area (Å²) in [6.45, 7) is 6.52. The molecule has 2 rings (SSSR count).